The molecule has 2 N–H and O–H groups in total. The third kappa shape index (κ3) is 8.37. The number of rotatable bonds is 11. The fraction of sp³-hybridized carbons (Fsp3) is 0.333. The summed E-state index contributed by atoms with van der Waals surface area (Å²) < 4.78 is 10.6. The third-order valence-corrected chi connectivity index (χ3v) is 3.94. The Hall–Kier alpha value is -2.86. The highest BCUT2D eigenvalue weighted by molar-refractivity contribution is 5.72. The first kappa shape index (κ1) is 20.5. The Bertz CT molecular complexity index is 690. The van der Waals surface area contributed by atoms with Crippen LogP contribution in [0.4, 0.5) is 4.79 Å². The zero-order valence-corrected chi connectivity index (χ0v) is 15.2. The Kier molecular flexibility index (Phi) is 8.86. The summed E-state index contributed by atoms with van der Waals surface area (Å²) in [7, 11) is 0. The number of hydrogen-bond donors (Lipinski definition) is 2. The lowest BCUT2D eigenvalue weighted by atomic mass is 10.1. The second-order valence-corrected chi connectivity index (χ2v) is 6.11. The molecule has 0 aliphatic heterocycles. The maximum Gasteiger partial charge on any atom is 0.407 e. The van der Waals surface area contributed by atoms with Gasteiger partial charge in [-0.1, -0.05) is 60.7 Å². The van der Waals surface area contributed by atoms with Crippen LogP contribution in [-0.2, 0) is 27.5 Å². The molecule has 27 heavy (non-hydrogen) atoms. The van der Waals surface area contributed by atoms with E-state index in [1.165, 1.54) is 0 Å². The average Bonchev–Trinajstić information content (AvgIpc) is 2.69. The Morgan fingerprint density at radius 3 is 2.07 bits per heavy atom. The summed E-state index contributed by atoms with van der Waals surface area (Å²) >= 11 is 0. The highest BCUT2D eigenvalue weighted by atomic mass is 16.5. The van der Waals surface area contributed by atoms with E-state index in [9.17, 15) is 14.7 Å². The van der Waals surface area contributed by atoms with E-state index < -0.39 is 18.2 Å². The van der Waals surface area contributed by atoms with Gasteiger partial charge in [0.1, 0.15) is 6.61 Å². The Labute approximate surface area is 159 Å². The first-order chi connectivity index (χ1) is 13.1. The quantitative estimate of drug-likeness (QED) is 0.588. The van der Waals surface area contributed by atoms with Crippen molar-refractivity contribution in [2.24, 2.45) is 0 Å². The molecule has 6 heteroatoms. The summed E-state index contributed by atoms with van der Waals surface area (Å²) in [5.74, 6) is -0.971. The maximum atomic E-state index is 11.6. The lowest BCUT2D eigenvalue weighted by Crippen LogP contribution is -2.26. The van der Waals surface area contributed by atoms with E-state index in [1.807, 2.05) is 60.7 Å². The second kappa shape index (κ2) is 11.7. The summed E-state index contributed by atoms with van der Waals surface area (Å²) in [5, 5.41) is 11.9. The van der Waals surface area contributed by atoms with Crippen LogP contribution in [0.25, 0.3) is 0 Å². The van der Waals surface area contributed by atoms with Crippen molar-refractivity contribution >= 4 is 12.1 Å². The molecule has 1 atom stereocenters. The molecule has 0 spiro atoms. The van der Waals surface area contributed by atoms with Gasteiger partial charge in [0, 0.05) is 6.54 Å². The number of carbonyl (C=O) groups is 2. The molecule has 0 saturated heterocycles. The Morgan fingerprint density at radius 2 is 1.48 bits per heavy atom. The van der Waals surface area contributed by atoms with Crippen LogP contribution in [-0.4, -0.2) is 29.8 Å². The van der Waals surface area contributed by atoms with E-state index in [0.29, 0.717) is 25.8 Å². The molecule has 0 fully saturated rings. The minimum Gasteiger partial charge on any atom is -0.479 e. The van der Waals surface area contributed by atoms with Crippen molar-refractivity contribution < 1.29 is 24.2 Å². The molecule has 0 radical (unpaired) electrons. The first-order valence-corrected chi connectivity index (χ1v) is 8.98. The minimum absolute atomic E-state index is 0.223. The van der Waals surface area contributed by atoms with Gasteiger partial charge in [0.05, 0.1) is 6.61 Å². The number of hydrogen-bond acceptors (Lipinski definition) is 4. The van der Waals surface area contributed by atoms with Gasteiger partial charge in [0.2, 0.25) is 0 Å². The molecule has 6 nitrogen and oxygen atoms in total. The van der Waals surface area contributed by atoms with Gasteiger partial charge in [-0.25, -0.2) is 9.59 Å². The molecule has 0 heterocycles. The predicted molar refractivity (Wildman–Crippen MR) is 101 cm³/mol. The number of nitrogens with one attached hydrogen (secondary N) is 1. The predicted octanol–water partition coefficient (Wildman–Crippen LogP) is 3.75. The van der Waals surface area contributed by atoms with E-state index in [-0.39, 0.29) is 13.2 Å². The molecule has 0 saturated carbocycles. The van der Waals surface area contributed by atoms with E-state index in [2.05, 4.69) is 5.32 Å². The van der Waals surface area contributed by atoms with Crippen LogP contribution >= 0.6 is 0 Å². The number of benzene rings is 2. The number of carboxylic acids is 1. The van der Waals surface area contributed by atoms with Crippen molar-refractivity contribution in [3.05, 3.63) is 71.8 Å². The van der Waals surface area contributed by atoms with Crippen LogP contribution in [0.2, 0.25) is 0 Å². The van der Waals surface area contributed by atoms with Gasteiger partial charge >= 0.3 is 12.1 Å². The topological polar surface area (TPSA) is 84.9 Å². The largest absolute Gasteiger partial charge is 0.479 e. The first-order valence-electron chi connectivity index (χ1n) is 8.98. The van der Waals surface area contributed by atoms with Crippen molar-refractivity contribution in [3.63, 3.8) is 0 Å². The van der Waals surface area contributed by atoms with Gasteiger partial charge in [0.25, 0.3) is 0 Å². The van der Waals surface area contributed by atoms with E-state index >= 15 is 0 Å². The van der Waals surface area contributed by atoms with Crippen LogP contribution in [0.1, 0.15) is 30.4 Å². The zero-order valence-electron chi connectivity index (χ0n) is 15.2. The Morgan fingerprint density at radius 1 is 0.889 bits per heavy atom. The summed E-state index contributed by atoms with van der Waals surface area (Å²) in [4.78, 5) is 22.9. The van der Waals surface area contributed by atoms with Crippen molar-refractivity contribution in [3.8, 4) is 0 Å². The average molecular weight is 371 g/mol. The van der Waals surface area contributed by atoms with Crippen molar-refractivity contribution in [1.29, 1.82) is 0 Å². The van der Waals surface area contributed by atoms with Crippen LogP contribution in [0.15, 0.2) is 60.7 Å². The number of carbonyl (C=O) groups excluding carboxylic acids is 1. The second-order valence-electron chi connectivity index (χ2n) is 6.11. The highest BCUT2D eigenvalue weighted by Crippen LogP contribution is 2.09. The molecular weight excluding hydrogens is 346 g/mol. The molecule has 144 valence electrons. The fourth-order valence-corrected chi connectivity index (χ4v) is 2.47. The van der Waals surface area contributed by atoms with E-state index in [1.54, 1.807) is 0 Å². The van der Waals surface area contributed by atoms with Crippen molar-refractivity contribution in [2.75, 3.05) is 6.54 Å². The number of aliphatic carboxylic acids is 1. The normalized spacial score (nSPS) is 11.6. The number of unbranched alkanes of at least 4 members (excludes halogenated alkanes) is 1. The Balaban J connectivity index is 1.58. The third-order valence-electron chi connectivity index (χ3n) is 3.94. The van der Waals surface area contributed by atoms with Crippen LogP contribution in [0, 0.1) is 0 Å². The number of alkyl carbamates (subject to hydrolysis) is 1. The van der Waals surface area contributed by atoms with Gasteiger partial charge in [-0.05, 0) is 30.4 Å². The number of carboxylic acid groups (broad SMARTS) is 1. The SMILES string of the molecule is O=C(NCCCC[C@H](OCc1ccccc1)C(=O)O)OCc1ccccc1. The zero-order chi connectivity index (χ0) is 19.3. The van der Waals surface area contributed by atoms with Crippen LogP contribution in [0.3, 0.4) is 0 Å². The molecule has 2 aromatic rings. The van der Waals surface area contributed by atoms with Gasteiger partial charge in [0.15, 0.2) is 6.10 Å². The monoisotopic (exact) mass is 371 g/mol. The fourth-order valence-electron chi connectivity index (χ4n) is 2.47. The molecule has 2 aromatic carbocycles. The number of ether oxygens (including phenoxy) is 2. The van der Waals surface area contributed by atoms with Gasteiger partial charge < -0.3 is 19.9 Å². The molecule has 0 aromatic heterocycles. The van der Waals surface area contributed by atoms with Gasteiger partial charge in [-0.15, -0.1) is 0 Å². The molecule has 0 bridgehead atoms. The van der Waals surface area contributed by atoms with Crippen molar-refractivity contribution in [1.82, 2.24) is 5.32 Å². The molecule has 2 rings (SSSR count). The van der Waals surface area contributed by atoms with Gasteiger partial charge in [-0.2, -0.15) is 0 Å². The molecule has 0 unspecified atom stereocenters. The summed E-state index contributed by atoms with van der Waals surface area (Å²) in [5.41, 5.74) is 1.86. The molecular formula is C21H25NO5. The van der Waals surface area contributed by atoms with E-state index in [0.717, 1.165) is 11.1 Å². The number of amides is 1. The minimum atomic E-state index is -0.971. The van der Waals surface area contributed by atoms with E-state index in [4.69, 9.17) is 9.47 Å². The summed E-state index contributed by atoms with van der Waals surface area (Å²) in [6.07, 6.45) is 0.344. The molecule has 1 amide bonds. The molecule has 0 aliphatic rings. The maximum absolute atomic E-state index is 11.6. The van der Waals surface area contributed by atoms with Gasteiger partial charge in [-0.3, -0.25) is 0 Å². The van der Waals surface area contributed by atoms with Crippen molar-refractivity contribution in [2.45, 2.75) is 38.6 Å². The summed E-state index contributed by atoms with van der Waals surface area (Å²) in [6.45, 7) is 0.918. The van der Waals surface area contributed by atoms with Crippen LogP contribution in [0.5, 0.6) is 0 Å². The lowest BCUT2D eigenvalue weighted by molar-refractivity contribution is -0.151. The lowest BCUT2D eigenvalue weighted by Gasteiger charge is -2.14. The smallest absolute Gasteiger partial charge is 0.407 e. The highest BCUT2D eigenvalue weighted by Gasteiger charge is 2.17. The molecule has 0 aliphatic carbocycles. The summed E-state index contributed by atoms with van der Waals surface area (Å²) in [6, 6.07) is 18.9. The van der Waals surface area contributed by atoms with Crippen LogP contribution < -0.4 is 5.32 Å². The standard InChI is InChI=1S/C21H25NO5/c23-20(24)19(26-15-17-9-3-1-4-10-17)13-7-8-14-22-21(25)27-16-18-11-5-2-6-12-18/h1-6,9-12,19H,7-8,13-16H2,(H,22,25)(H,23,24)/t19-/m0/s1.